The van der Waals surface area contributed by atoms with Gasteiger partial charge >= 0.3 is 6.03 Å². The lowest BCUT2D eigenvalue weighted by Gasteiger charge is -2.31. The van der Waals surface area contributed by atoms with Crippen LogP contribution >= 0.6 is 11.3 Å². The number of urea groups is 1. The highest BCUT2D eigenvalue weighted by Gasteiger charge is 2.42. The number of rotatable bonds is 4. The van der Waals surface area contributed by atoms with Crippen molar-refractivity contribution in [1.82, 2.24) is 10.6 Å². The molecule has 2 amide bonds. The summed E-state index contributed by atoms with van der Waals surface area (Å²) in [5, 5.41) is 9.73. The molecule has 1 aromatic rings. The summed E-state index contributed by atoms with van der Waals surface area (Å²) >= 11 is 1.63. The Morgan fingerprint density at radius 3 is 2.95 bits per heavy atom. The number of thiophene rings is 1. The van der Waals surface area contributed by atoms with Crippen LogP contribution in [0.15, 0.2) is 16.8 Å². The van der Waals surface area contributed by atoms with Crippen LogP contribution in [0.3, 0.4) is 0 Å². The third-order valence-corrected chi connectivity index (χ3v) is 4.78. The zero-order valence-electron chi connectivity index (χ0n) is 12.1. The van der Waals surface area contributed by atoms with Crippen molar-refractivity contribution in [3.63, 3.8) is 0 Å². The molecule has 0 radical (unpaired) electrons. The van der Waals surface area contributed by atoms with E-state index in [0.717, 1.165) is 18.4 Å². The molecule has 0 bridgehead atoms. The topological polar surface area (TPSA) is 59.6 Å². The van der Waals surface area contributed by atoms with E-state index in [1.807, 2.05) is 16.8 Å². The van der Waals surface area contributed by atoms with Gasteiger partial charge in [0.05, 0.1) is 6.61 Å². The minimum Gasteiger partial charge on any atom is -0.347 e. The minimum absolute atomic E-state index is 0.0324. The number of hydrogen-bond donors (Lipinski definition) is 2. The van der Waals surface area contributed by atoms with Gasteiger partial charge in [-0.3, -0.25) is 0 Å². The van der Waals surface area contributed by atoms with Crippen molar-refractivity contribution < 1.29 is 14.3 Å². The van der Waals surface area contributed by atoms with Gasteiger partial charge in [0.15, 0.2) is 5.79 Å². The van der Waals surface area contributed by atoms with Gasteiger partial charge in [0.1, 0.15) is 6.10 Å². The van der Waals surface area contributed by atoms with Crippen LogP contribution in [0.4, 0.5) is 4.79 Å². The van der Waals surface area contributed by atoms with E-state index in [0.29, 0.717) is 19.7 Å². The standard InChI is InChI=1S/C15H22N2O3S/c18-14(16-8-12-4-7-21-11-12)17-9-13-10-19-15(20-13)5-2-1-3-6-15/h4,7,11,13H,1-3,5-6,8-10H2,(H2,16,17,18). The van der Waals surface area contributed by atoms with Crippen LogP contribution in [0.5, 0.6) is 0 Å². The third-order valence-electron chi connectivity index (χ3n) is 4.05. The number of ether oxygens (including phenoxy) is 2. The van der Waals surface area contributed by atoms with Crippen molar-refractivity contribution in [1.29, 1.82) is 0 Å². The molecule has 1 atom stereocenters. The second-order valence-electron chi connectivity index (χ2n) is 5.72. The van der Waals surface area contributed by atoms with Crippen LogP contribution < -0.4 is 10.6 Å². The maximum absolute atomic E-state index is 11.7. The van der Waals surface area contributed by atoms with Crippen molar-refractivity contribution in [2.24, 2.45) is 0 Å². The van der Waals surface area contributed by atoms with E-state index >= 15 is 0 Å². The summed E-state index contributed by atoms with van der Waals surface area (Å²) in [5.74, 6) is -0.363. The molecule has 116 valence electrons. The normalized spacial score (nSPS) is 24.1. The summed E-state index contributed by atoms with van der Waals surface area (Å²) in [6.45, 7) is 1.63. The fraction of sp³-hybridized carbons (Fsp3) is 0.667. The van der Waals surface area contributed by atoms with Crippen molar-refractivity contribution in [3.8, 4) is 0 Å². The molecule has 1 saturated carbocycles. The molecule has 1 saturated heterocycles. The Balaban J connectivity index is 1.36. The molecule has 1 aliphatic carbocycles. The van der Waals surface area contributed by atoms with Crippen molar-refractivity contribution in [2.45, 2.75) is 50.5 Å². The molecule has 3 rings (SSSR count). The minimum atomic E-state index is -0.363. The van der Waals surface area contributed by atoms with Gasteiger partial charge in [-0.25, -0.2) is 4.79 Å². The lowest BCUT2D eigenvalue weighted by atomic mass is 9.94. The van der Waals surface area contributed by atoms with Crippen LogP contribution in [0, 0.1) is 0 Å². The molecule has 1 unspecified atom stereocenters. The highest BCUT2D eigenvalue weighted by Crippen LogP contribution is 2.37. The monoisotopic (exact) mass is 310 g/mol. The van der Waals surface area contributed by atoms with E-state index < -0.39 is 0 Å². The first-order valence-corrected chi connectivity index (χ1v) is 8.55. The molecule has 1 aliphatic heterocycles. The molecule has 1 spiro atoms. The van der Waals surface area contributed by atoms with E-state index in [4.69, 9.17) is 9.47 Å². The molecular formula is C15H22N2O3S. The molecule has 2 N–H and O–H groups in total. The summed E-state index contributed by atoms with van der Waals surface area (Å²) in [5.41, 5.74) is 1.12. The van der Waals surface area contributed by atoms with Crippen LogP contribution in [0.25, 0.3) is 0 Å². The maximum Gasteiger partial charge on any atom is 0.315 e. The maximum atomic E-state index is 11.7. The molecule has 2 aliphatic rings. The number of carbonyl (C=O) groups is 1. The lowest BCUT2D eigenvalue weighted by molar-refractivity contribution is -0.186. The summed E-state index contributed by atoms with van der Waals surface area (Å²) in [4.78, 5) is 11.7. The first kappa shape index (κ1) is 14.8. The molecule has 1 aromatic heterocycles. The Morgan fingerprint density at radius 2 is 2.19 bits per heavy atom. The highest BCUT2D eigenvalue weighted by atomic mass is 32.1. The van der Waals surface area contributed by atoms with Crippen molar-refractivity contribution in [3.05, 3.63) is 22.4 Å². The largest absolute Gasteiger partial charge is 0.347 e. The zero-order chi connectivity index (χ0) is 14.5. The summed E-state index contributed by atoms with van der Waals surface area (Å²) < 4.78 is 11.9. The number of hydrogen-bond acceptors (Lipinski definition) is 4. The van der Waals surface area contributed by atoms with Gasteiger partial charge in [-0.2, -0.15) is 11.3 Å². The molecule has 2 heterocycles. The van der Waals surface area contributed by atoms with Gasteiger partial charge in [0.25, 0.3) is 0 Å². The third kappa shape index (κ3) is 3.96. The van der Waals surface area contributed by atoms with E-state index in [2.05, 4.69) is 10.6 Å². The SMILES string of the molecule is O=C(NCc1ccsc1)NCC1COC2(CCCCC2)O1. The smallest absolute Gasteiger partial charge is 0.315 e. The van der Waals surface area contributed by atoms with Gasteiger partial charge in [0.2, 0.25) is 0 Å². The Labute approximate surface area is 129 Å². The van der Waals surface area contributed by atoms with E-state index in [1.54, 1.807) is 11.3 Å². The van der Waals surface area contributed by atoms with Gasteiger partial charge in [-0.15, -0.1) is 0 Å². The number of nitrogens with one attached hydrogen (secondary N) is 2. The van der Waals surface area contributed by atoms with E-state index in [-0.39, 0.29) is 17.9 Å². The Hall–Kier alpha value is -1.11. The number of carbonyl (C=O) groups excluding carboxylic acids is 1. The zero-order valence-corrected chi connectivity index (χ0v) is 12.9. The van der Waals surface area contributed by atoms with Gasteiger partial charge < -0.3 is 20.1 Å². The molecule has 21 heavy (non-hydrogen) atoms. The first-order chi connectivity index (χ1) is 10.3. The van der Waals surface area contributed by atoms with Crippen molar-refractivity contribution in [2.75, 3.05) is 13.2 Å². The molecule has 6 heteroatoms. The summed E-state index contributed by atoms with van der Waals surface area (Å²) in [7, 11) is 0. The molecule has 2 fully saturated rings. The predicted molar refractivity (Wildman–Crippen MR) is 81.2 cm³/mol. The fourth-order valence-corrected chi connectivity index (χ4v) is 3.58. The van der Waals surface area contributed by atoms with Crippen LogP contribution in [-0.4, -0.2) is 31.1 Å². The second-order valence-corrected chi connectivity index (χ2v) is 6.50. The Bertz CT molecular complexity index is 457. The lowest BCUT2D eigenvalue weighted by Crippen LogP contribution is -2.41. The first-order valence-electron chi connectivity index (χ1n) is 7.60. The van der Waals surface area contributed by atoms with E-state index in [9.17, 15) is 4.79 Å². The summed E-state index contributed by atoms with van der Waals surface area (Å²) in [6.07, 6.45) is 5.53. The van der Waals surface area contributed by atoms with Crippen molar-refractivity contribution >= 4 is 17.4 Å². The Kier molecular flexibility index (Phi) is 4.77. The van der Waals surface area contributed by atoms with Crippen LogP contribution in [-0.2, 0) is 16.0 Å². The highest BCUT2D eigenvalue weighted by molar-refractivity contribution is 7.07. The average Bonchev–Trinajstić information content (AvgIpc) is 3.14. The van der Waals surface area contributed by atoms with Gasteiger partial charge in [-0.05, 0) is 35.2 Å². The molecular weight excluding hydrogens is 288 g/mol. The summed E-state index contributed by atoms with van der Waals surface area (Å²) in [6, 6.07) is 1.85. The predicted octanol–water partition coefficient (Wildman–Crippen LogP) is 2.62. The quantitative estimate of drug-likeness (QED) is 0.899. The average molecular weight is 310 g/mol. The van der Waals surface area contributed by atoms with Gasteiger partial charge in [-0.1, -0.05) is 6.42 Å². The van der Waals surface area contributed by atoms with Crippen LogP contribution in [0.1, 0.15) is 37.7 Å². The fourth-order valence-electron chi connectivity index (χ4n) is 2.91. The van der Waals surface area contributed by atoms with Crippen LogP contribution in [0.2, 0.25) is 0 Å². The Morgan fingerprint density at radius 1 is 1.33 bits per heavy atom. The second kappa shape index (κ2) is 6.77. The van der Waals surface area contributed by atoms with Gasteiger partial charge in [0, 0.05) is 25.9 Å². The molecule has 0 aromatic carbocycles. The molecule has 5 nitrogen and oxygen atoms in total. The number of amides is 2. The van der Waals surface area contributed by atoms with E-state index in [1.165, 1.54) is 19.3 Å².